The molecule has 1 aromatic heterocycles. The Morgan fingerprint density at radius 1 is 1.00 bits per heavy atom. The van der Waals surface area contributed by atoms with Gasteiger partial charge in [0.15, 0.2) is 16.9 Å². The first-order valence-corrected chi connectivity index (χ1v) is 10.6. The van der Waals surface area contributed by atoms with Crippen LogP contribution >= 0.6 is 0 Å². The Balaban J connectivity index is 1.67. The Labute approximate surface area is 181 Å². The first-order chi connectivity index (χ1) is 15.2. The quantitative estimate of drug-likeness (QED) is 0.416. The van der Waals surface area contributed by atoms with E-state index in [1.165, 1.54) is 31.4 Å². The average molecular weight is 457 g/mol. The van der Waals surface area contributed by atoms with E-state index in [2.05, 4.69) is 4.72 Å². The van der Waals surface area contributed by atoms with Gasteiger partial charge >= 0.3 is 0 Å². The molecule has 3 aromatic carbocycles. The molecule has 0 amide bonds. The summed E-state index contributed by atoms with van der Waals surface area (Å²) in [5.74, 6) is -1.59. The van der Waals surface area contributed by atoms with Crippen molar-refractivity contribution in [3.8, 4) is 28.6 Å². The minimum absolute atomic E-state index is 0.0515. The molecule has 0 fully saturated rings. The van der Waals surface area contributed by atoms with E-state index >= 15 is 0 Å². The summed E-state index contributed by atoms with van der Waals surface area (Å²) in [7, 11) is -2.68. The van der Waals surface area contributed by atoms with Crippen LogP contribution in [0.2, 0.25) is 0 Å². The van der Waals surface area contributed by atoms with E-state index in [4.69, 9.17) is 9.15 Å². The summed E-state index contributed by atoms with van der Waals surface area (Å²) in [4.78, 5) is 12.4. The van der Waals surface area contributed by atoms with Crippen molar-refractivity contribution in [2.45, 2.75) is 4.90 Å². The molecule has 0 saturated carbocycles. The minimum Gasteiger partial charge on any atom is -0.504 e. The number of aromatic hydroxyl groups is 2. The molecule has 0 aliphatic rings. The standard InChI is InChI=1S/C22H16FNO7S/c1-30-22-17(26)11-19-20(21(22)27)16(25)10-18(31-19)12-2-6-14(7-3-12)24-32(28,29)15-8-4-13(23)5-9-15/h2-11,24,26-27H,1H3. The molecule has 0 aliphatic heterocycles. The number of fused-ring (bicyclic) bond motifs is 1. The number of hydrogen-bond acceptors (Lipinski definition) is 7. The second-order valence-electron chi connectivity index (χ2n) is 6.76. The number of benzene rings is 3. The maximum absolute atomic E-state index is 13.0. The van der Waals surface area contributed by atoms with Crippen LogP contribution in [0.25, 0.3) is 22.3 Å². The molecule has 32 heavy (non-hydrogen) atoms. The summed E-state index contributed by atoms with van der Waals surface area (Å²) in [6.45, 7) is 0. The lowest BCUT2D eigenvalue weighted by atomic mass is 10.1. The van der Waals surface area contributed by atoms with Gasteiger partial charge in [-0.05, 0) is 48.5 Å². The van der Waals surface area contributed by atoms with E-state index < -0.39 is 32.8 Å². The molecule has 0 atom stereocenters. The number of halogens is 1. The zero-order valence-corrected chi connectivity index (χ0v) is 17.3. The second-order valence-corrected chi connectivity index (χ2v) is 8.44. The van der Waals surface area contributed by atoms with Crippen LogP contribution < -0.4 is 14.9 Å². The number of sulfonamides is 1. The number of hydrogen-bond donors (Lipinski definition) is 3. The van der Waals surface area contributed by atoms with Crippen LogP contribution in [0.3, 0.4) is 0 Å². The van der Waals surface area contributed by atoms with Crippen molar-refractivity contribution in [2.24, 2.45) is 0 Å². The Kier molecular flexibility index (Phi) is 5.23. The summed E-state index contributed by atoms with van der Waals surface area (Å²) >= 11 is 0. The molecular formula is C22H16FNO7S. The van der Waals surface area contributed by atoms with E-state index in [-0.39, 0.29) is 33.1 Å². The van der Waals surface area contributed by atoms with Gasteiger partial charge in [0.2, 0.25) is 5.75 Å². The topological polar surface area (TPSA) is 126 Å². The van der Waals surface area contributed by atoms with Gasteiger partial charge in [0.05, 0.1) is 12.0 Å². The molecule has 10 heteroatoms. The van der Waals surface area contributed by atoms with Gasteiger partial charge in [-0.15, -0.1) is 0 Å². The monoisotopic (exact) mass is 457 g/mol. The number of rotatable bonds is 5. The highest BCUT2D eigenvalue weighted by Gasteiger charge is 2.19. The lowest BCUT2D eigenvalue weighted by Gasteiger charge is -2.10. The number of nitrogens with one attached hydrogen (secondary N) is 1. The van der Waals surface area contributed by atoms with Crippen molar-refractivity contribution in [1.82, 2.24) is 0 Å². The molecule has 4 aromatic rings. The van der Waals surface area contributed by atoms with Gasteiger partial charge in [0, 0.05) is 23.4 Å². The molecule has 0 unspecified atom stereocenters. The highest BCUT2D eigenvalue weighted by Crippen LogP contribution is 2.41. The third-order valence-electron chi connectivity index (χ3n) is 4.68. The zero-order chi connectivity index (χ0) is 23.0. The fourth-order valence-electron chi connectivity index (χ4n) is 3.15. The second kappa shape index (κ2) is 7.89. The molecule has 0 aliphatic carbocycles. The largest absolute Gasteiger partial charge is 0.504 e. The first kappa shape index (κ1) is 21.2. The van der Waals surface area contributed by atoms with Gasteiger partial charge < -0.3 is 19.4 Å². The summed E-state index contributed by atoms with van der Waals surface area (Å²) in [5.41, 5.74) is 0.0762. The zero-order valence-electron chi connectivity index (χ0n) is 16.5. The fourth-order valence-corrected chi connectivity index (χ4v) is 4.20. The maximum Gasteiger partial charge on any atom is 0.261 e. The SMILES string of the molecule is COc1c(O)cc2oc(-c3ccc(NS(=O)(=O)c4ccc(F)cc4)cc3)cc(=O)c2c1O. The van der Waals surface area contributed by atoms with Crippen molar-refractivity contribution in [3.05, 3.63) is 76.7 Å². The number of anilines is 1. The molecule has 0 spiro atoms. The predicted molar refractivity (Wildman–Crippen MR) is 115 cm³/mol. The summed E-state index contributed by atoms with van der Waals surface area (Å²) < 4.78 is 50.8. The Morgan fingerprint density at radius 3 is 2.28 bits per heavy atom. The van der Waals surface area contributed by atoms with Gasteiger partial charge in [-0.3, -0.25) is 9.52 Å². The number of phenolic OH excluding ortho intramolecular Hbond substituents is 2. The molecule has 4 rings (SSSR count). The van der Waals surface area contributed by atoms with Crippen molar-refractivity contribution >= 4 is 26.7 Å². The third-order valence-corrected chi connectivity index (χ3v) is 6.07. The minimum atomic E-state index is -3.92. The first-order valence-electron chi connectivity index (χ1n) is 9.15. The molecular weight excluding hydrogens is 441 g/mol. The summed E-state index contributed by atoms with van der Waals surface area (Å²) in [6, 6.07) is 12.7. The van der Waals surface area contributed by atoms with E-state index in [1.807, 2.05) is 0 Å². The van der Waals surface area contributed by atoms with Gasteiger partial charge in [-0.2, -0.15) is 0 Å². The van der Waals surface area contributed by atoms with E-state index in [0.29, 0.717) is 5.56 Å². The van der Waals surface area contributed by atoms with E-state index in [9.17, 15) is 27.8 Å². The number of ether oxygens (including phenoxy) is 1. The molecule has 0 radical (unpaired) electrons. The van der Waals surface area contributed by atoms with E-state index in [0.717, 1.165) is 36.4 Å². The van der Waals surface area contributed by atoms with Crippen molar-refractivity contribution < 1.29 is 32.2 Å². The smallest absolute Gasteiger partial charge is 0.261 e. The molecule has 0 bridgehead atoms. The van der Waals surface area contributed by atoms with Gasteiger partial charge in [-0.25, -0.2) is 12.8 Å². The van der Waals surface area contributed by atoms with Gasteiger partial charge in [-0.1, -0.05) is 0 Å². The number of methoxy groups -OCH3 is 1. The van der Waals surface area contributed by atoms with Crippen LogP contribution in [0, 0.1) is 5.82 Å². The van der Waals surface area contributed by atoms with Crippen molar-refractivity contribution in [1.29, 1.82) is 0 Å². The Hall–Kier alpha value is -4.05. The summed E-state index contributed by atoms with van der Waals surface area (Å²) in [6.07, 6.45) is 0. The molecule has 164 valence electrons. The lowest BCUT2D eigenvalue weighted by molar-refractivity contribution is 0.346. The normalized spacial score (nSPS) is 11.4. The highest BCUT2D eigenvalue weighted by molar-refractivity contribution is 7.92. The number of phenols is 2. The van der Waals surface area contributed by atoms with Crippen LogP contribution in [0.5, 0.6) is 17.2 Å². The fraction of sp³-hybridized carbons (Fsp3) is 0.0455. The van der Waals surface area contributed by atoms with Gasteiger partial charge in [0.1, 0.15) is 22.5 Å². The van der Waals surface area contributed by atoms with E-state index in [1.54, 1.807) is 0 Å². The van der Waals surface area contributed by atoms with Crippen LogP contribution in [0.1, 0.15) is 0 Å². The van der Waals surface area contributed by atoms with Crippen molar-refractivity contribution in [2.75, 3.05) is 11.8 Å². The summed E-state index contributed by atoms with van der Waals surface area (Å²) in [5, 5.41) is 20.0. The van der Waals surface area contributed by atoms with Crippen LogP contribution in [-0.4, -0.2) is 25.7 Å². The van der Waals surface area contributed by atoms with Crippen LogP contribution in [0.15, 0.2) is 74.8 Å². The average Bonchev–Trinajstić information content (AvgIpc) is 2.74. The van der Waals surface area contributed by atoms with Crippen LogP contribution in [-0.2, 0) is 10.0 Å². The highest BCUT2D eigenvalue weighted by atomic mass is 32.2. The Morgan fingerprint density at radius 2 is 1.66 bits per heavy atom. The Bertz CT molecular complexity index is 1480. The third kappa shape index (κ3) is 3.83. The van der Waals surface area contributed by atoms with Crippen molar-refractivity contribution in [3.63, 3.8) is 0 Å². The lowest BCUT2D eigenvalue weighted by Crippen LogP contribution is -2.12. The van der Waals surface area contributed by atoms with Crippen LogP contribution in [0.4, 0.5) is 10.1 Å². The molecule has 0 saturated heterocycles. The molecule has 8 nitrogen and oxygen atoms in total. The molecule has 1 heterocycles. The molecule has 3 N–H and O–H groups in total. The predicted octanol–water partition coefficient (Wildman–Crippen LogP) is 3.82. The maximum atomic E-state index is 13.0. The van der Waals surface area contributed by atoms with Gasteiger partial charge in [0.25, 0.3) is 10.0 Å².